The maximum Gasteiger partial charge on any atom is 0.265 e. The molecule has 1 atom stereocenters. The predicted octanol–water partition coefficient (Wildman–Crippen LogP) is 3.30. The summed E-state index contributed by atoms with van der Waals surface area (Å²) >= 11 is 4.84. The Hall–Kier alpha value is -0.550. The molecule has 0 bridgehead atoms. The van der Waals surface area contributed by atoms with Gasteiger partial charge in [0.05, 0.1) is 7.11 Å². The van der Waals surface area contributed by atoms with Crippen molar-refractivity contribution in [2.45, 2.75) is 19.8 Å². The van der Waals surface area contributed by atoms with Gasteiger partial charge in [-0.3, -0.25) is 4.79 Å². The number of methoxy groups -OCH3 is 1. The van der Waals surface area contributed by atoms with Crippen LogP contribution < -0.4 is 10.1 Å². The lowest BCUT2D eigenvalue weighted by atomic mass is 10.0. The normalized spacial score (nSPS) is 12.2. The van der Waals surface area contributed by atoms with Crippen LogP contribution >= 0.6 is 27.3 Å². The summed E-state index contributed by atoms with van der Waals surface area (Å²) in [4.78, 5) is 12.6. The van der Waals surface area contributed by atoms with Gasteiger partial charge >= 0.3 is 0 Å². The van der Waals surface area contributed by atoms with Crippen molar-refractivity contribution >= 4 is 33.2 Å². The Morgan fingerprint density at radius 1 is 1.65 bits per heavy atom. The van der Waals surface area contributed by atoms with E-state index in [-0.39, 0.29) is 5.91 Å². The number of thiophene rings is 1. The van der Waals surface area contributed by atoms with Gasteiger partial charge in [0.1, 0.15) is 10.6 Å². The van der Waals surface area contributed by atoms with Crippen molar-refractivity contribution in [3.05, 3.63) is 16.3 Å². The number of carbonyl (C=O) groups excluding carboxylic acids is 1. The third-order valence-corrected chi connectivity index (χ3v) is 4.05. The summed E-state index contributed by atoms with van der Waals surface area (Å²) in [5.74, 6) is 1.15. The number of rotatable bonds is 7. The number of ether oxygens (including phenoxy) is 1. The zero-order valence-corrected chi connectivity index (χ0v) is 12.6. The van der Waals surface area contributed by atoms with E-state index in [9.17, 15) is 4.79 Å². The standard InChI is InChI=1S/C12H18BrNO2S/c1-3-9(4-6-13)8-14-12(15)11-10(16-2)5-7-17-11/h5,7,9H,3-4,6,8H2,1-2H3,(H,14,15). The van der Waals surface area contributed by atoms with Gasteiger partial charge in [-0.25, -0.2) is 0 Å². The third-order valence-electron chi connectivity index (χ3n) is 2.70. The lowest BCUT2D eigenvalue weighted by Crippen LogP contribution is -2.29. The number of halogens is 1. The molecule has 96 valence electrons. The lowest BCUT2D eigenvalue weighted by molar-refractivity contribution is 0.0948. The second-order valence-electron chi connectivity index (χ2n) is 3.78. The molecule has 0 saturated heterocycles. The monoisotopic (exact) mass is 319 g/mol. The number of nitrogens with one attached hydrogen (secondary N) is 1. The largest absolute Gasteiger partial charge is 0.495 e. The van der Waals surface area contributed by atoms with Crippen LogP contribution in [0.1, 0.15) is 29.4 Å². The minimum absolute atomic E-state index is 0.0372. The van der Waals surface area contributed by atoms with Gasteiger partial charge < -0.3 is 10.1 Å². The fraction of sp³-hybridized carbons (Fsp3) is 0.583. The molecule has 0 saturated carbocycles. The van der Waals surface area contributed by atoms with Crippen LogP contribution in [0, 0.1) is 5.92 Å². The third kappa shape index (κ3) is 4.32. The van der Waals surface area contributed by atoms with E-state index in [1.165, 1.54) is 11.3 Å². The van der Waals surface area contributed by atoms with E-state index in [1.54, 1.807) is 7.11 Å². The predicted molar refractivity (Wildman–Crippen MR) is 75.4 cm³/mol. The van der Waals surface area contributed by atoms with E-state index >= 15 is 0 Å². The van der Waals surface area contributed by atoms with Crippen LogP contribution in [-0.2, 0) is 0 Å². The van der Waals surface area contributed by atoms with Gasteiger partial charge in [0.25, 0.3) is 5.91 Å². The van der Waals surface area contributed by atoms with Crippen LogP contribution in [0.4, 0.5) is 0 Å². The topological polar surface area (TPSA) is 38.3 Å². The first-order valence-electron chi connectivity index (χ1n) is 5.68. The zero-order chi connectivity index (χ0) is 12.7. The molecule has 0 aliphatic carbocycles. The molecular formula is C12H18BrNO2S. The molecule has 5 heteroatoms. The Bertz CT molecular complexity index is 354. The molecule has 3 nitrogen and oxygen atoms in total. The van der Waals surface area contributed by atoms with Crippen molar-refractivity contribution < 1.29 is 9.53 Å². The van der Waals surface area contributed by atoms with Crippen LogP contribution in [0.5, 0.6) is 5.75 Å². The number of alkyl halides is 1. The van der Waals surface area contributed by atoms with Crippen LogP contribution in [0.15, 0.2) is 11.4 Å². The molecule has 0 spiro atoms. The van der Waals surface area contributed by atoms with Crippen molar-refractivity contribution in [3.63, 3.8) is 0 Å². The molecule has 1 N–H and O–H groups in total. The summed E-state index contributed by atoms with van der Waals surface area (Å²) in [6, 6.07) is 1.81. The highest BCUT2D eigenvalue weighted by atomic mass is 79.9. The average Bonchev–Trinajstić information content (AvgIpc) is 2.82. The highest BCUT2D eigenvalue weighted by molar-refractivity contribution is 9.09. The Kier molecular flexibility index (Phi) is 6.58. The Balaban J connectivity index is 2.49. The minimum atomic E-state index is -0.0372. The van der Waals surface area contributed by atoms with Crippen molar-refractivity contribution in [3.8, 4) is 5.75 Å². The molecule has 0 aromatic carbocycles. The molecule has 1 aromatic rings. The Labute approximate surface area is 115 Å². The lowest BCUT2D eigenvalue weighted by Gasteiger charge is -2.14. The van der Waals surface area contributed by atoms with Crippen LogP contribution in [0.2, 0.25) is 0 Å². The van der Waals surface area contributed by atoms with Gasteiger partial charge in [0.15, 0.2) is 0 Å². The van der Waals surface area contributed by atoms with Crippen LogP contribution in [0.3, 0.4) is 0 Å². The number of hydrogen-bond acceptors (Lipinski definition) is 3. The Morgan fingerprint density at radius 3 is 3.00 bits per heavy atom. The molecular weight excluding hydrogens is 302 g/mol. The number of amides is 1. The summed E-state index contributed by atoms with van der Waals surface area (Å²) in [6.45, 7) is 2.87. The van der Waals surface area contributed by atoms with E-state index in [0.29, 0.717) is 16.5 Å². The quantitative estimate of drug-likeness (QED) is 0.783. The van der Waals surface area contributed by atoms with Crippen molar-refractivity contribution in [2.24, 2.45) is 5.92 Å². The average molecular weight is 320 g/mol. The molecule has 1 aromatic heterocycles. The van der Waals surface area contributed by atoms with Crippen LogP contribution in [-0.4, -0.2) is 24.9 Å². The van der Waals surface area contributed by atoms with Crippen molar-refractivity contribution in [1.82, 2.24) is 5.32 Å². The molecule has 17 heavy (non-hydrogen) atoms. The molecule has 1 rings (SSSR count). The van der Waals surface area contributed by atoms with Gasteiger partial charge in [-0.1, -0.05) is 29.3 Å². The molecule has 1 unspecified atom stereocenters. The molecule has 0 aliphatic rings. The van der Waals surface area contributed by atoms with Gasteiger partial charge in [-0.15, -0.1) is 11.3 Å². The Morgan fingerprint density at radius 2 is 2.41 bits per heavy atom. The highest BCUT2D eigenvalue weighted by Gasteiger charge is 2.15. The van der Waals surface area contributed by atoms with Gasteiger partial charge in [0.2, 0.25) is 0 Å². The van der Waals surface area contributed by atoms with Gasteiger partial charge in [-0.05, 0) is 23.8 Å². The molecule has 0 radical (unpaired) electrons. The summed E-state index contributed by atoms with van der Waals surface area (Å²) in [7, 11) is 1.58. The van der Waals surface area contributed by atoms with Crippen molar-refractivity contribution in [2.75, 3.05) is 19.0 Å². The summed E-state index contributed by atoms with van der Waals surface area (Å²) < 4.78 is 5.13. The minimum Gasteiger partial charge on any atom is -0.495 e. The fourth-order valence-corrected chi connectivity index (χ4v) is 2.97. The first kappa shape index (κ1) is 14.5. The highest BCUT2D eigenvalue weighted by Crippen LogP contribution is 2.24. The smallest absolute Gasteiger partial charge is 0.265 e. The summed E-state index contributed by atoms with van der Waals surface area (Å²) in [5.41, 5.74) is 0. The van der Waals surface area contributed by atoms with E-state index in [4.69, 9.17) is 4.74 Å². The van der Waals surface area contributed by atoms with Crippen LogP contribution in [0.25, 0.3) is 0 Å². The van der Waals surface area contributed by atoms with Gasteiger partial charge in [-0.2, -0.15) is 0 Å². The van der Waals surface area contributed by atoms with E-state index in [0.717, 1.165) is 24.7 Å². The van der Waals surface area contributed by atoms with E-state index in [2.05, 4.69) is 28.2 Å². The second kappa shape index (κ2) is 7.71. The molecule has 0 fully saturated rings. The summed E-state index contributed by atoms with van der Waals surface area (Å²) in [5, 5.41) is 5.81. The maximum absolute atomic E-state index is 11.9. The molecule has 1 amide bonds. The molecule has 1 heterocycles. The number of carbonyl (C=O) groups is 1. The van der Waals surface area contributed by atoms with Gasteiger partial charge in [0, 0.05) is 11.9 Å². The second-order valence-corrected chi connectivity index (χ2v) is 5.49. The van der Waals surface area contributed by atoms with E-state index in [1.807, 2.05) is 11.4 Å². The maximum atomic E-state index is 11.9. The number of hydrogen-bond donors (Lipinski definition) is 1. The van der Waals surface area contributed by atoms with Crippen molar-refractivity contribution in [1.29, 1.82) is 0 Å². The first-order valence-corrected chi connectivity index (χ1v) is 7.68. The zero-order valence-electron chi connectivity index (χ0n) is 10.2. The summed E-state index contributed by atoms with van der Waals surface area (Å²) in [6.07, 6.45) is 2.16. The molecule has 0 aliphatic heterocycles. The fourth-order valence-electron chi connectivity index (χ4n) is 1.55. The SMILES string of the molecule is CCC(CCBr)CNC(=O)c1sccc1OC. The first-order chi connectivity index (χ1) is 8.22. The van der Waals surface area contributed by atoms with E-state index < -0.39 is 0 Å².